The van der Waals surface area contributed by atoms with Crippen LogP contribution in [-0.2, 0) is 15.9 Å². The molecule has 6 heteroatoms. The van der Waals surface area contributed by atoms with Gasteiger partial charge in [0.2, 0.25) is 0 Å². The fraction of sp³-hybridized carbons (Fsp3) is 0.500. The van der Waals surface area contributed by atoms with E-state index in [2.05, 4.69) is 31.2 Å². The molecular formula is C24H30O6. The SMILES string of the molecule is Cc1ccc([C@H]2C[C@@H](O)[C@H](O)[C@@H](CO)O2)cc1Cc1ccc(O[C@H]2CCOC2)cc1. The number of rotatable bonds is 6. The van der Waals surface area contributed by atoms with E-state index in [9.17, 15) is 15.3 Å². The number of hydrogen-bond acceptors (Lipinski definition) is 6. The predicted molar refractivity (Wildman–Crippen MR) is 112 cm³/mol. The van der Waals surface area contributed by atoms with E-state index in [1.807, 2.05) is 18.2 Å². The van der Waals surface area contributed by atoms with Gasteiger partial charge in [0.1, 0.15) is 24.1 Å². The minimum Gasteiger partial charge on any atom is -0.488 e. The molecule has 0 saturated carbocycles. The zero-order chi connectivity index (χ0) is 21.1. The molecule has 0 amide bonds. The van der Waals surface area contributed by atoms with Gasteiger partial charge >= 0.3 is 0 Å². The molecule has 0 spiro atoms. The third-order valence-electron chi connectivity index (χ3n) is 6.00. The molecule has 2 saturated heterocycles. The molecule has 5 atom stereocenters. The highest BCUT2D eigenvalue weighted by atomic mass is 16.5. The van der Waals surface area contributed by atoms with Gasteiger partial charge in [0.15, 0.2) is 0 Å². The van der Waals surface area contributed by atoms with Gasteiger partial charge in [-0.3, -0.25) is 0 Å². The van der Waals surface area contributed by atoms with Crippen LogP contribution in [-0.4, -0.2) is 59.6 Å². The van der Waals surface area contributed by atoms with Gasteiger partial charge in [-0.05, 0) is 47.7 Å². The van der Waals surface area contributed by atoms with Crippen molar-refractivity contribution in [3.8, 4) is 5.75 Å². The lowest BCUT2D eigenvalue weighted by atomic mass is 9.91. The van der Waals surface area contributed by atoms with E-state index in [0.29, 0.717) is 13.0 Å². The molecule has 2 fully saturated rings. The average molecular weight is 414 g/mol. The normalized spacial score (nSPS) is 29.1. The first kappa shape index (κ1) is 21.3. The molecule has 0 aromatic heterocycles. The second-order valence-corrected chi connectivity index (χ2v) is 8.25. The molecule has 2 heterocycles. The number of ether oxygens (including phenoxy) is 3. The molecule has 6 nitrogen and oxygen atoms in total. The summed E-state index contributed by atoms with van der Waals surface area (Å²) in [7, 11) is 0. The number of aliphatic hydroxyl groups excluding tert-OH is 3. The Balaban J connectivity index is 1.45. The molecule has 2 aliphatic rings. The monoisotopic (exact) mass is 414 g/mol. The molecule has 2 aliphatic heterocycles. The van der Waals surface area contributed by atoms with Crippen molar-refractivity contribution in [1.29, 1.82) is 0 Å². The molecule has 2 aromatic rings. The molecule has 2 aromatic carbocycles. The van der Waals surface area contributed by atoms with Gasteiger partial charge in [-0.15, -0.1) is 0 Å². The predicted octanol–water partition coefficient (Wildman–Crippen LogP) is 2.30. The first-order chi connectivity index (χ1) is 14.5. The second kappa shape index (κ2) is 9.45. The van der Waals surface area contributed by atoms with Crippen molar-refractivity contribution in [3.05, 3.63) is 64.7 Å². The van der Waals surface area contributed by atoms with Crippen molar-refractivity contribution in [3.63, 3.8) is 0 Å². The highest BCUT2D eigenvalue weighted by molar-refractivity contribution is 5.38. The summed E-state index contributed by atoms with van der Waals surface area (Å²) in [6.45, 7) is 3.17. The van der Waals surface area contributed by atoms with Gasteiger partial charge in [0.25, 0.3) is 0 Å². The molecule has 162 valence electrons. The Hall–Kier alpha value is -1.96. The van der Waals surface area contributed by atoms with Crippen LogP contribution in [0.4, 0.5) is 0 Å². The van der Waals surface area contributed by atoms with E-state index in [4.69, 9.17) is 14.2 Å². The third kappa shape index (κ3) is 4.85. The Labute approximate surface area is 177 Å². The number of aryl methyl sites for hydroxylation is 1. The minimum atomic E-state index is -1.06. The summed E-state index contributed by atoms with van der Waals surface area (Å²) in [5.41, 5.74) is 4.48. The molecule has 30 heavy (non-hydrogen) atoms. The van der Waals surface area contributed by atoms with Gasteiger partial charge in [0, 0.05) is 12.8 Å². The van der Waals surface area contributed by atoms with Crippen LogP contribution in [0, 0.1) is 6.92 Å². The summed E-state index contributed by atoms with van der Waals surface area (Å²) in [4.78, 5) is 0. The van der Waals surface area contributed by atoms with Crippen LogP contribution in [0.15, 0.2) is 42.5 Å². The van der Waals surface area contributed by atoms with Crippen LogP contribution < -0.4 is 4.74 Å². The van der Waals surface area contributed by atoms with Crippen molar-refractivity contribution >= 4 is 0 Å². The van der Waals surface area contributed by atoms with Crippen molar-refractivity contribution in [2.45, 2.75) is 56.7 Å². The van der Waals surface area contributed by atoms with Crippen LogP contribution in [0.3, 0.4) is 0 Å². The number of benzene rings is 2. The molecule has 3 N–H and O–H groups in total. The molecule has 0 aliphatic carbocycles. The maximum absolute atomic E-state index is 10.1. The smallest absolute Gasteiger partial charge is 0.124 e. The zero-order valence-electron chi connectivity index (χ0n) is 17.2. The standard InChI is InChI=1S/C24H30O6/c1-15-2-5-17(22-12-21(26)24(27)23(13-25)30-22)11-18(15)10-16-3-6-19(7-4-16)29-20-8-9-28-14-20/h2-7,11,20-27H,8-10,12-14H2,1H3/t20-,21+,22+,23+,24-/m0/s1. The van der Waals surface area contributed by atoms with Gasteiger partial charge in [-0.2, -0.15) is 0 Å². The second-order valence-electron chi connectivity index (χ2n) is 8.25. The topological polar surface area (TPSA) is 88.4 Å². The van der Waals surface area contributed by atoms with E-state index in [1.165, 1.54) is 16.7 Å². The first-order valence-corrected chi connectivity index (χ1v) is 10.6. The minimum absolute atomic E-state index is 0.141. The summed E-state index contributed by atoms with van der Waals surface area (Å²) in [5, 5.41) is 29.5. The summed E-state index contributed by atoms with van der Waals surface area (Å²) < 4.78 is 17.1. The van der Waals surface area contributed by atoms with Gasteiger partial charge < -0.3 is 29.5 Å². The maximum Gasteiger partial charge on any atom is 0.124 e. The van der Waals surface area contributed by atoms with Crippen LogP contribution in [0.1, 0.15) is 41.2 Å². The molecule has 0 radical (unpaired) electrons. The lowest BCUT2D eigenvalue weighted by Crippen LogP contribution is -2.47. The van der Waals surface area contributed by atoms with Crippen LogP contribution in [0.2, 0.25) is 0 Å². The maximum atomic E-state index is 10.1. The Kier molecular flexibility index (Phi) is 6.71. The van der Waals surface area contributed by atoms with Gasteiger partial charge in [-0.25, -0.2) is 0 Å². The van der Waals surface area contributed by atoms with Gasteiger partial charge in [-0.1, -0.05) is 30.3 Å². The average Bonchev–Trinajstić information content (AvgIpc) is 3.26. The quantitative estimate of drug-likeness (QED) is 0.672. The number of aliphatic hydroxyl groups is 3. The summed E-state index contributed by atoms with van der Waals surface area (Å²) in [5.74, 6) is 0.859. The fourth-order valence-corrected chi connectivity index (χ4v) is 4.11. The zero-order valence-corrected chi connectivity index (χ0v) is 17.2. The Morgan fingerprint density at radius 2 is 1.90 bits per heavy atom. The molecule has 0 unspecified atom stereocenters. The van der Waals surface area contributed by atoms with Crippen molar-refractivity contribution in [2.75, 3.05) is 19.8 Å². The molecular weight excluding hydrogens is 384 g/mol. The summed E-state index contributed by atoms with van der Waals surface area (Å²) >= 11 is 0. The molecule has 4 rings (SSSR count). The Morgan fingerprint density at radius 1 is 1.10 bits per heavy atom. The van der Waals surface area contributed by atoms with E-state index < -0.39 is 18.3 Å². The van der Waals surface area contributed by atoms with E-state index in [-0.39, 0.29) is 18.8 Å². The van der Waals surface area contributed by atoms with Crippen molar-refractivity contribution < 1.29 is 29.5 Å². The first-order valence-electron chi connectivity index (χ1n) is 10.6. The summed E-state index contributed by atoms with van der Waals surface area (Å²) in [6.07, 6.45) is -0.964. The van der Waals surface area contributed by atoms with E-state index in [1.54, 1.807) is 0 Å². The Morgan fingerprint density at radius 3 is 2.60 bits per heavy atom. The van der Waals surface area contributed by atoms with Crippen LogP contribution >= 0.6 is 0 Å². The van der Waals surface area contributed by atoms with Gasteiger partial charge in [0.05, 0.1) is 32.0 Å². The Bertz CT molecular complexity index is 830. The highest BCUT2D eigenvalue weighted by Crippen LogP contribution is 2.33. The fourth-order valence-electron chi connectivity index (χ4n) is 4.11. The van der Waals surface area contributed by atoms with E-state index in [0.717, 1.165) is 30.8 Å². The van der Waals surface area contributed by atoms with Crippen molar-refractivity contribution in [1.82, 2.24) is 0 Å². The lowest BCUT2D eigenvalue weighted by molar-refractivity contribution is -0.181. The largest absolute Gasteiger partial charge is 0.488 e. The van der Waals surface area contributed by atoms with Crippen LogP contribution in [0.25, 0.3) is 0 Å². The van der Waals surface area contributed by atoms with E-state index >= 15 is 0 Å². The van der Waals surface area contributed by atoms with Crippen LogP contribution in [0.5, 0.6) is 5.75 Å². The highest BCUT2D eigenvalue weighted by Gasteiger charge is 2.37. The molecule has 0 bridgehead atoms. The summed E-state index contributed by atoms with van der Waals surface area (Å²) in [6, 6.07) is 14.3. The third-order valence-corrected chi connectivity index (χ3v) is 6.00. The number of hydrogen-bond donors (Lipinski definition) is 3. The lowest BCUT2D eigenvalue weighted by Gasteiger charge is -2.36. The van der Waals surface area contributed by atoms with Crippen molar-refractivity contribution in [2.24, 2.45) is 0 Å².